The number of carbonyl (C=O) groups is 1. The third-order valence-electron chi connectivity index (χ3n) is 4.67. The number of phenolic OH excluding ortho intramolecular Hbond substituents is 1. The molecular weight excluding hydrogens is 312 g/mol. The Morgan fingerprint density at radius 1 is 1.12 bits per heavy atom. The fourth-order valence-electron chi connectivity index (χ4n) is 3.08. The lowest BCUT2D eigenvalue weighted by molar-refractivity contribution is 0.102. The average Bonchev–Trinajstić information content (AvgIpc) is 2.79. The zero-order valence-corrected chi connectivity index (χ0v) is 15.1. The van der Waals surface area contributed by atoms with Gasteiger partial charge in [-0.25, -0.2) is 0 Å². The summed E-state index contributed by atoms with van der Waals surface area (Å²) in [7, 11) is 0. The zero-order chi connectivity index (χ0) is 18.0. The fourth-order valence-corrected chi connectivity index (χ4v) is 3.08. The molecule has 1 aliphatic rings. The van der Waals surface area contributed by atoms with Crippen LogP contribution in [-0.4, -0.2) is 17.6 Å². The molecule has 2 aromatic rings. The third-order valence-corrected chi connectivity index (χ3v) is 4.67. The van der Waals surface area contributed by atoms with Crippen LogP contribution in [0.5, 0.6) is 5.75 Å². The quantitative estimate of drug-likeness (QED) is 0.696. The molecule has 0 saturated heterocycles. The second-order valence-electron chi connectivity index (χ2n) is 7.69. The van der Waals surface area contributed by atoms with Crippen molar-refractivity contribution in [1.82, 2.24) is 0 Å². The maximum atomic E-state index is 12.5. The van der Waals surface area contributed by atoms with Gasteiger partial charge in [0, 0.05) is 23.9 Å². The molecule has 3 N–H and O–H groups in total. The van der Waals surface area contributed by atoms with E-state index in [9.17, 15) is 9.90 Å². The first kappa shape index (κ1) is 17.3. The van der Waals surface area contributed by atoms with E-state index < -0.39 is 0 Å². The summed E-state index contributed by atoms with van der Waals surface area (Å²) in [6, 6.07) is 11.2. The molecule has 1 aliphatic heterocycles. The van der Waals surface area contributed by atoms with E-state index in [1.165, 1.54) is 5.56 Å². The number of hydrogen-bond donors (Lipinski definition) is 3. The van der Waals surface area contributed by atoms with E-state index in [1.807, 2.05) is 30.3 Å². The van der Waals surface area contributed by atoms with Gasteiger partial charge in [0.2, 0.25) is 0 Å². The Bertz CT molecular complexity index is 774. The number of fused-ring (bicyclic) bond motifs is 1. The van der Waals surface area contributed by atoms with Crippen LogP contribution in [0.25, 0.3) is 0 Å². The van der Waals surface area contributed by atoms with Crippen LogP contribution in [0.2, 0.25) is 0 Å². The van der Waals surface area contributed by atoms with Gasteiger partial charge < -0.3 is 15.7 Å². The second-order valence-corrected chi connectivity index (χ2v) is 7.69. The van der Waals surface area contributed by atoms with Crippen molar-refractivity contribution < 1.29 is 9.90 Å². The molecule has 1 heterocycles. The number of amides is 1. The lowest BCUT2D eigenvalue weighted by atomic mass is 9.87. The van der Waals surface area contributed by atoms with E-state index >= 15 is 0 Å². The van der Waals surface area contributed by atoms with E-state index in [1.54, 1.807) is 6.07 Å². The zero-order valence-electron chi connectivity index (χ0n) is 15.1. The Balaban J connectivity index is 1.80. The van der Waals surface area contributed by atoms with Gasteiger partial charge in [-0.2, -0.15) is 0 Å². The molecule has 132 valence electrons. The van der Waals surface area contributed by atoms with Crippen LogP contribution in [0, 0.1) is 0 Å². The highest BCUT2D eigenvalue weighted by molar-refractivity contribution is 6.05. The van der Waals surface area contributed by atoms with Crippen molar-refractivity contribution in [2.75, 3.05) is 17.2 Å². The smallest absolute Gasteiger partial charge is 0.255 e. The first-order chi connectivity index (χ1) is 11.8. The van der Waals surface area contributed by atoms with E-state index in [4.69, 9.17) is 0 Å². The Kier molecular flexibility index (Phi) is 4.71. The van der Waals surface area contributed by atoms with Crippen molar-refractivity contribution in [3.05, 3.63) is 53.1 Å². The second kappa shape index (κ2) is 6.79. The Labute approximate surface area is 149 Å². The first-order valence-corrected chi connectivity index (χ1v) is 8.86. The van der Waals surface area contributed by atoms with Gasteiger partial charge in [0.1, 0.15) is 5.75 Å². The van der Waals surface area contributed by atoms with Crippen molar-refractivity contribution in [2.45, 2.75) is 45.4 Å². The average molecular weight is 338 g/mol. The number of benzene rings is 2. The van der Waals surface area contributed by atoms with Crippen LogP contribution in [0.15, 0.2) is 36.4 Å². The largest absolute Gasteiger partial charge is 0.506 e. The lowest BCUT2D eigenvalue weighted by Crippen LogP contribution is -2.14. The molecule has 0 saturated carbocycles. The fraction of sp³-hybridized carbons (Fsp3) is 0.381. The number of aromatic hydroxyl groups is 1. The molecule has 0 spiro atoms. The topological polar surface area (TPSA) is 61.4 Å². The summed E-state index contributed by atoms with van der Waals surface area (Å²) in [6.45, 7) is 7.34. The van der Waals surface area contributed by atoms with E-state index in [2.05, 4.69) is 31.4 Å². The van der Waals surface area contributed by atoms with Crippen molar-refractivity contribution in [3.63, 3.8) is 0 Å². The van der Waals surface area contributed by atoms with Gasteiger partial charge in [-0.15, -0.1) is 0 Å². The minimum atomic E-state index is -0.211. The van der Waals surface area contributed by atoms with Crippen LogP contribution in [0.1, 0.15) is 55.1 Å². The van der Waals surface area contributed by atoms with Gasteiger partial charge in [0.15, 0.2) is 0 Å². The van der Waals surface area contributed by atoms with Gasteiger partial charge in [-0.3, -0.25) is 4.79 Å². The van der Waals surface area contributed by atoms with Gasteiger partial charge in [-0.1, -0.05) is 32.9 Å². The molecule has 2 aromatic carbocycles. The minimum Gasteiger partial charge on any atom is -0.506 e. The number of nitrogens with one attached hydrogen (secondary N) is 2. The Hall–Kier alpha value is -2.49. The van der Waals surface area contributed by atoms with E-state index in [0.29, 0.717) is 11.3 Å². The monoisotopic (exact) mass is 338 g/mol. The molecule has 4 heteroatoms. The summed E-state index contributed by atoms with van der Waals surface area (Å²) in [5, 5.41) is 16.4. The molecule has 0 bridgehead atoms. The van der Waals surface area contributed by atoms with Gasteiger partial charge in [0.05, 0.1) is 5.69 Å². The van der Waals surface area contributed by atoms with Crippen LogP contribution in [-0.2, 0) is 11.8 Å². The predicted molar refractivity (Wildman–Crippen MR) is 103 cm³/mol. The summed E-state index contributed by atoms with van der Waals surface area (Å²) in [5.41, 5.74) is 4.38. The summed E-state index contributed by atoms with van der Waals surface area (Å²) in [5.74, 6) is -0.120. The van der Waals surface area contributed by atoms with Crippen LogP contribution in [0.3, 0.4) is 0 Å². The van der Waals surface area contributed by atoms with Gasteiger partial charge >= 0.3 is 0 Å². The molecule has 0 aliphatic carbocycles. The molecule has 0 unspecified atom stereocenters. The van der Waals surface area contributed by atoms with Crippen LogP contribution in [0.4, 0.5) is 11.4 Å². The number of aryl methyl sites for hydroxylation is 1. The Morgan fingerprint density at radius 3 is 2.52 bits per heavy atom. The normalized spacial score (nSPS) is 14.2. The van der Waals surface area contributed by atoms with Crippen molar-refractivity contribution in [2.24, 2.45) is 0 Å². The first-order valence-electron chi connectivity index (χ1n) is 8.86. The molecule has 3 rings (SSSR count). The molecular formula is C21H26N2O2. The maximum absolute atomic E-state index is 12.5. The van der Waals surface area contributed by atoms with Gasteiger partial charge in [0.25, 0.3) is 5.91 Å². The highest BCUT2D eigenvalue weighted by atomic mass is 16.3. The molecule has 0 atom stereocenters. The highest BCUT2D eigenvalue weighted by Gasteiger charge is 2.16. The molecule has 4 nitrogen and oxygen atoms in total. The molecule has 1 amide bonds. The summed E-state index contributed by atoms with van der Waals surface area (Å²) < 4.78 is 0. The van der Waals surface area contributed by atoms with Gasteiger partial charge in [-0.05, 0) is 54.0 Å². The van der Waals surface area contributed by atoms with Crippen molar-refractivity contribution >= 4 is 17.3 Å². The SMILES string of the molecule is CC(C)(C)c1ccc(C(=O)Nc2cc3c(cc2O)NCCCC3)cc1. The minimum absolute atomic E-state index is 0.0529. The Morgan fingerprint density at radius 2 is 1.84 bits per heavy atom. The number of carbonyl (C=O) groups excluding carboxylic acids is 1. The number of hydrogen-bond acceptors (Lipinski definition) is 3. The van der Waals surface area contributed by atoms with Crippen molar-refractivity contribution in [3.8, 4) is 5.75 Å². The molecule has 0 aromatic heterocycles. The number of rotatable bonds is 2. The molecule has 0 radical (unpaired) electrons. The third kappa shape index (κ3) is 3.95. The van der Waals surface area contributed by atoms with E-state index in [-0.39, 0.29) is 17.1 Å². The van der Waals surface area contributed by atoms with E-state index in [0.717, 1.165) is 37.1 Å². The summed E-state index contributed by atoms with van der Waals surface area (Å²) >= 11 is 0. The summed E-state index contributed by atoms with van der Waals surface area (Å²) in [4.78, 5) is 12.5. The lowest BCUT2D eigenvalue weighted by Gasteiger charge is -2.19. The number of anilines is 2. The van der Waals surface area contributed by atoms with Crippen LogP contribution >= 0.6 is 0 Å². The maximum Gasteiger partial charge on any atom is 0.255 e. The number of phenols is 1. The van der Waals surface area contributed by atoms with Crippen LogP contribution < -0.4 is 10.6 Å². The standard InChI is InChI=1S/C21H26N2O2/c1-21(2,3)16-9-7-14(8-10-16)20(25)23-18-12-15-6-4-5-11-22-17(15)13-19(18)24/h7-10,12-13,22,24H,4-6,11H2,1-3H3,(H,23,25). The summed E-state index contributed by atoms with van der Waals surface area (Å²) in [6.07, 6.45) is 3.16. The highest BCUT2D eigenvalue weighted by Crippen LogP contribution is 2.33. The molecule has 0 fully saturated rings. The predicted octanol–water partition coefficient (Wildman–Crippen LogP) is 4.69. The molecule has 25 heavy (non-hydrogen) atoms. The van der Waals surface area contributed by atoms with Crippen molar-refractivity contribution in [1.29, 1.82) is 0 Å².